The Bertz CT molecular complexity index is 440. The first-order chi connectivity index (χ1) is 9.70. The zero-order valence-corrected chi connectivity index (χ0v) is 11.5. The van der Waals surface area contributed by atoms with Gasteiger partial charge in [0.1, 0.15) is 6.29 Å². The lowest BCUT2D eigenvalue weighted by atomic mass is 9.80. The van der Waals surface area contributed by atoms with Crippen LogP contribution in [-0.2, 0) is 4.79 Å². The van der Waals surface area contributed by atoms with Crippen LogP contribution in [0.4, 0.5) is 8.78 Å². The molecule has 0 unspecified atom stereocenters. The molecule has 0 atom stereocenters. The molecule has 1 aliphatic carbocycles. The largest absolute Gasteiger partial charge is 0.490 e. The number of carbonyl (C=O) groups excluding carboxylic acids is 1. The Morgan fingerprint density at radius 2 is 1.85 bits per heavy atom. The predicted molar refractivity (Wildman–Crippen MR) is 72.6 cm³/mol. The molecule has 0 heterocycles. The van der Waals surface area contributed by atoms with Gasteiger partial charge in [0.15, 0.2) is 11.6 Å². The van der Waals surface area contributed by atoms with Gasteiger partial charge in [-0.3, -0.25) is 0 Å². The number of hydrogen-bond acceptors (Lipinski definition) is 2. The highest BCUT2D eigenvalue weighted by atomic mass is 19.2. The Morgan fingerprint density at radius 3 is 2.55 bits per heavy atom. The summed E-state index contributed by atoms with van der Waals surface area (Å²) >= 11 is 0. The molecular formula is C16H20F2O2. The molecule has 0 amide bonds. The van der Waals surface area contributed by atoms with E-state index in [1.807, 2.05) is 0 Å². The third-order valence-electron chi connectivity index (χ3n) is 4.05. The minimum atomic E-state index is -0.910. The quantitative estimate of drug-likeness (QED) is 0.733. The average molecular weight is 282 g/mol. The Labute approximate surface area is 118 Å². The fraction of sp³-hybridized carbons (Fsp3) is 0.562. The van der Waals surface area contributed by atoms with Crippen molar-refractivity contribution in [2.75, 3.05) is 6.61 Å². The third kappa shape index (κ3) is 4.02. The Balaban J connectivity index is 1.76. The minimum absolute atomic E-state index is 0.00641. The van der Waals surface area contributed by atoms with E-state index in [1.54, 1.807) is 0 Å². The number of carbonyl (C=O) groups is 1. The molecule has 2 nitrogen and oxygen atoms in total. The van der Waals surface area contributed by atoms with Gasteiger partial charge in [0.05, 0.1) is 6.61 Å². The second kappa shape index (κ2) is 7.36. The van der Waals surface area contributed by atoms with Gasteiger partial charge in [-0.15, -0.1) is 0 Å². The molecule has 1 aromatic carbocycles. The number of ether oxygens (including phenoxy) is 1. The Hall–Kier alpha value is -1.45. The summed E-state index contributed by atoms with van der Waals surface area (Å²) < 4.78 is 31.9. The summed E-state index contributed by atoms with van der Waals surface area (Å²) in [6, 6.07) is 3.98. The topological polar surface area (TPSA) is 26.3 Å². The van der Waals surface area contributed by atoms with Gasteiger partial charge in [0.25, 0.3) is 0 Å². The fourth-order valence-corrected chi connectivity index (χ4v) is 2.79. The van der Waals surface area contributed by atoms with E-state index in [1.165, 1.54) is 12.1 Å². The van der Waals surface area contributed by atoms with Crippen LogP contribution in [0.15, 0.2) is 18.2 Å². The van der Waals surface area contributed by atoms with Gasteiger partial charge in [0.2, 0.25) is 5.82 Å². The predicted octanol–water partition coefficient (Wildman–Crippen LogP) is 4.13. The van der Waals surface area contributed by atoms with E-state index in [0.717, 1.165) is 44.5 Å². The van der Waals surface area contributed by atoms with Gasteiger partial charge < -0.3 is 9.53 Å². The van der Waals surface area contributed by atoms with Crippen molar-refractivity contribution < 1.29 is 18.3 Å². The number of aldehydes is 1. The van der Waals surface area contributed by atoms with Crippen molar-refractivity contribution in [2.45, 2.75) is 38.5 Å². The van der Waals surface area contributed by atoms with E-state index in [4.69, 9.17) is 4.74 Å². The smallest absolute Gasteiger partial charge is 0.200 e. The van der Waals surface area contributed by atoms with Crippen molar-refractivity contribution in [2.24, 2.45) is 11.8 Å². The highest BCUT2D eigenvalue weighted by molar-refractivity contribution is 5.49. The summed E-state index contributed by atoms with van der Waals surface area (Å²) in [5, 5.41) is 0. The summed E-state index contributed by atoms with van der Waals surface area (Å²) in [4.78, 5) is 10.3. The highest BCUT2D eigenvalue weighted by Crippen LogP contribution is 2.32. The molecule has 0 N–H and O–H groups in total. The molecule has 1 saturated carbocycles. The van der Waals surface area contributed by atoms with E-state index in [0.29, 0.717) is 24.9 Å². The van der Waals surface area contributed by atoms with Crippen LogP contribution in [0, 0.1) is 23.5 Å². The van der Waals surface area contributed by atoms with Crippen molar-refractivity contribution >= 4 is 6.29 Å². The third-order valence-corrected chi connectivity index (χ3v) is 4.05. The molecule has 0 saturated heterocycles. The van der Waals surface area contributed by atoms with Gasteiger partial charge in [-0.1, -0.05) is 18.9 Å². The minimum Gasteiger partial charge on any atom is -0.490 e. The monoisotopic (exact) mass is 282 g/mol. The summed E-state index contributed by atoms with van der Waals surface area (Å²) in [6.45, 7) is 0.431. The molecule has 110 valence electrons. The van der Waals surface area contributed by atoms with Crippen LogP contribution >= 0.6 is 0 Å². The van der Waals surface area contributed by atoms with E-state index < -0.39 is 11.6 Å². The van der Waals surface area contributed by atoms with Crippen LogP contribution in [-0.4, -0.2) is 12.9 Å². The molecule has 2 rings (SSSR count). The first kappa shape index (κ1) is 14.9. The summed E-state index contributed by atoms with van der Waals surface area (Å²) in [5.41, 5.74) is 0. The van der Waals surface area contributed by atoms with E-state index in [2.05, 4.69) is 0 Å². The first-order valence-electron chi connectivity index (χ1n) is 7.21. The van der Waals surface area contributed by atoms with Crippen molar-refractivity contribution in [1.29, 1.82) is 0 Å². The Morgan fingerprint density at radius 1 is 1.15 bits per heavy atom. The fourth-order valence-electron chi connectivity index (χ4n) is 2.79. The summed E-state index contributed by atoms with van der Waals surface area (Å²) in [5.74, 6) is -0.771. The lowest BCUT2D eigenvalue weighted by Crippen LogP contribution is -2.20. The molecular weight excluding hydrogens is 262 g/mol. The van der Waals surface area contributed by atoms with E-state index >= 15 is 0 Å². The molecule has 20 heavy (non-hydrogen) atoms. The van der Waals surface area contributed by atoms with Crippen molar-refractivity contribution in [3.63, 3.8) is 0 Å². The second-order valence-corrected chi connectivity index (χ2v) is 5.49. The molecule has 1 aromatic rings. The number of hydrogen-bond donors (Lipinski definition) is 0. The maximum atomic E-state index is 13.4. The maximum Gasteiger partial charge on any atom is 0.200 e. The molecule has 0 spiro atoms. The van der Waals surface area contributed by atoms with Crippen LogP contribution in [0.25, 0.3) is 0 Å². The van der Waals surface area contributed by atoms with Gasteiger partial charge >= 0.3 is 0 Å². The van der Waals surface area contributed by atoms with Crippen LogP contribution in [0.1, 0.15) is 38.5 Å². The zero-order valence-electron chi connectivity index (χ0n) is 11.5. The van der Waals surface area contributed by atoms with Crippen LogP contribution < -0.4 is 4.74 Å². The Kier molecular flexibility index (Phi) is 5.50. The molecule has 0 aromatic heterocycles. The second-order valence-electron chi connectivity index (χ2n) is 5.49. The SMILES string of the molecule is O=CCC[C@H]1CC[C@H](COc2cccc(F)c2F)CC1. The van der Waals surface area contributed by atoms with E-state index in [-0.39, 0.29) is 5.75 Å². The number of benzene rings is 1. The van der Waals surface area contributed by atoms with Crippen molar-refractivity contribution in [3.8, 4) is 5.75 Å². The molecule has 1 aliphatic rings. The lowest BCUT2D eigenvalue weighted by molar-refractivity contribution is -0.108. The maximum absolute atomic E-state index is 13.4. The van der Waals surface area contributed by atoms with E-state index in [9.17, 15) is 13.6 Å². The van der Waals surface area contributed by atoms with Gasteiger partial charge in [-0.2, -0.15) is 4.39 Å². The van der Waals surface area contributed by atoms with Gasteiger partial charge in [0, 0.05) is 6.42 Å². The van der Waals surface area contributed by atoms with Crippen molar-refractivity contribution in [1.82, 2.24) is 0 Å². The highest BCUT2D eigenvalue weighted by Gasteiger charge is 2.21. The summed E-state index contributed by atoms with van der Waals surface area (Å²) in [7, 11) is 0. The van der Waals surface area contributed by atoms with Crippen LogP contribution in [0.3, 0.4) is 0 Å². The van der Waals surface area contributed by atoms with Crippen LogP contribution in [0.5, 0.6) is 5.75 Å². The normalized spacial score (nSPS) is 22.5. The van der Waals surface area contributed by atoms with Crippen molar-refractivity contribution in [3.05, 3.63) is 29.8 Å². The van der Waals surface area contributed by atoms with Crippen LogP contribution in [0.2, 0.25) is 0 Å². The first-order valence-corrected chi connectivity index (χ1v) is 7.21. The number of halogens is 2. The molecule has 0 radical (unpaired) electrons. The molecule has 4 heteroatoms. The standard InChI is InChI=1S/C16H20F2O2/c17-14-4-1-5-15(16(14)18)20-11-13-8-6-12(7-9-13)3-2-10-19/h1,4-5,10,12-13H,2-3,6-9,11H2/t12-,13-. The molecule has 0 bridgehead atoms. The molecule has 1 fully saturated rings. The van der Waals surface area contributed by atoms with Gasteiger partial charge in [-0.25, -0.2) is 4.39 Å². The van der Waals surface area contributed by atoms with Gasteiger partial charge in [-0.05, 0) is 43.2 Å². The summed E-state index contributed by atoms with van der Waals surface area (Å²) in [6.07, 6.45) is 6.82. The molecule has 0 aliphatic heterocycles. The number of rotatable bonds is 6. The zero-order chi connectivity index (χ0) is 14.4. The lowest BCUT2D eigenvalue weighted by Gasteiger charge is -2.28. The average Bonchev–Trinajstić information content (AvgIpc) is 2.48.